The summed E-state index contributed by atoms with van der Waals surface area (Å²) in [5, 5.41) is 4.42. The predicted molar refractivity (Wildman–Crippen MR) is 76.1 cm³/mol. The molecule has 0 saturated carbocycles. The van der Waals surface area contributed by atoms with Gasteiger partial charge in [-0.1, -0.05) is 35.3 Å². The molecular weight excluding hydrogens is 286 g/mol. The summed E-state index contributed by atoms with van der Waals surface area (Å²) in [6, 6.07) is 6.42. The van der Waals surface area contributed by atoms with E-state index in [1.54, 1.807) is 24.5 Å². The highest BCUT2D eigenvalue weighted by Crippen LogP contribution is 2.22. The van der Waals surface area contributed by atoms with Gasteiger partial charge in [0.2, 0.25) is 0 Å². The summed E-state index contributed by atoms with van der Waals surface area (Å²) in [7, 11) is 0. The lowest BCUT2D eigenvalue weighted by Crippen LogP contribution is -2.17. The molecule has 0 saturated heterocycles. The minimum Gasteiger partial charge on any atom is -0.312 e. The summed E-state index contributed by atoms with van der Waals surface area (Å²) in [6.07, 6.45) is 3.90. The van der Waals surface area contributed by atoms with Gasteiger partial charge in [-0.05, 0) is 36.2 Å². The van der Waals surface area contributed by atoms with E-state index in [0.29, 0.717) is 16.6 Å². The molecule has 2 nitrogen and oxygen atoms in total. The maximum Gasteiger partial charge on any atom is 0.123 e. The second-order valence-corrected chi connectivity index (χ2v) is 4.95. The van der Waals surface area contributed by atoms with Gasteiger partial charge < -0.3 is 5.32 Å². The Balaban J connectivity index is 1.82. The minimum absolute atomic E-state index is 0.223. The molecular formula is C14H13Cl2FN2. The molecule has 1 aromatic carbocycles. The molecule has 0 aliphatic carbocycles. The van der Waals surface area contributed by atoms with Crippen LogP contribution in [0.2, 0.25) is 10.0 Å². The van der Waals surface area contributed by atoms with Crippen LogP contribution in [0.5, 0.6) is 0 Å². The van der Waals surface area contributed by atoms with E-state index in [1.807, 2.05) is 0 Å². The Kier molecular flexibility index (Phi) is 5.14. The molecule has 0 aliphatic heterocycles. The zero-order chi connectivity index (χ0) is 13.7. The van der Waals surface area contributed by atoms with Crippen LogP contribution in [0.25, 0.3) is 0 Å². The fourth-order valence-corrected chi connectivity index (χ4v) is 2.28. The van der Waals surface area contributed by atoms with Crippen LogP contribution in [-0.2, 0) is 13.0 Å². The molecule has 0 unspecified atom stereocenters. The van der Waals surface area contributed by atoms with Gasteiger partial charge in [-0.25, -0.2) is 4.39 Å². The molecule has 100 valence electrons. The van der Waals surface area contributed by atoms with Crippen LogP contribution in [0.4, 0.5) is 4.39 Å². The predicted octanol–water partition coefficient (Wildman–Crippen LogP) is 3.86. The van der Waals surface area contributed by atoms with Crippen LogP contribution in [0.1, 0.15) is 11.1 Å². The van der Waals surface area contributed by atoms with Crippen molar-refractivity contribution in [3.8, 4) is 0 Å². The summed E-state index contributed by atoms with van der Waals surface area (Å²) in [5.41, 5.74) is 1.93. The molecule has 0 fully saturated rings. The number of benzene rings is 1. The maximum atomic E-state index is 12.7. The van der Waals surface area contributed by atoms with E-state index in [0.717, 1.165) is 24.1 Å². The summed E-state index contributed by atoms with van der Waals surface area (Å²) in [4.78, 5) is 3.91. The molecule has 0 aliphatic rings. The Morgan fingerprint density at radius 2 is 1.68 bits per heavy atom. The van der Waals surface area contributed by atoms with E-state index in [9.17, 15) is 4.39 Å². The standard InChI is InChI=1S/C14H13Cl2FN2/c15-13-8-19-9-14(16)12(13)5-6-18-7-10-1-3-11(17)4-2-10/h1-4,8-9,18H,5-7H2. The number of aromatic nitrogens is 1. The van der Waals surface area contributed by atoms with Crippen LogP contribution in [-0.4, -0.2) is 11.5 Å². The lowest BCUT2D eigenvalue weighted by Gasteiger charge is -2.08. The van der Waals surface area contributed by atoms with Crippen molar-refractivity contribution in [1.82, 2.24) is 10.3 Å². The van der Waals surface area contributed by atoms with Gasteiger partial charge in [0.1, 0.15) is 5.82 Å². The first kappa shape index (κ1) is 14.3. The molecule has 5 heteroatoms. The van der Waals surface area contributed by atoms with E-state index < -0.39 is 0 Å². The van der Waals surface area contributed by atoms with Crippen molar-refractivity contribution < 1.29 is 4.39 Å². The smallest absolute Gasteiger partial charge is 0.123 e. The van der Waals surface area contributed by atoms with Crippen LogP contribution in [0, 0.1) is 5.82 Å². The van der Waals surface area contributed by atoms with Gasteiger partial charge in [0.05, 0.1) is 10.0 Å². The van der Waals surface area contributed by atoms with Gasteiger partial charge in [-0.15, -0.1) is 0 Å². The molecule has 0 bridgehead atoms. The van der Waals surface area contributed by atoms with Crippen molar-refractivity contribution in [2.75, 3.05) is 6.54 Å². The number of hydrogen-bond donors (Lipinski definition) is 1. The summed E-state index contributed by atoms with van der Waals surface area (Å²) in [5.74, 6) is -0.223. The van der Waals surface area contributed by atoms with Crippen molar-refractivity contribution in [1.29, 1.82) is 0 Å². The number of hydrogen-bond acceptors (Lipinski definition) is 2. The molecule has 0 radical (unpaired) electrons. The summed E-state index contributed by atoms with van der Waals surface area (Å²) >= 11 is 12.1. The topological polar surface area (TPSA) is 24.9 Å². The van der Waals surface area contributed by atoms with Gasteiger partial charge >= 0.3 is 0 Å². The Hall–Kier alpha value is -1.16. The van der Waals surface area contributed by atoms with Crippen LogP contribution in [0.3, 0.4) is 0 Å². The largest absolute Gasteiger partial charge is 0.312 e. The van der Waals surface area contributed by atoms with Crippen molar-refractivity contribution in [3.63, 3.8) is 0 Å². The number of rotatable bonds is 5. The van der Waals surface area contributed by atoms with E-state index >= 15 is 0 Å². The lowest BCUT2D eigenvalue weighted by atomic mass is 10.2. The molecule has 1 N–H and O–H groups in total. The second-order valence-electron chi connectivity index (χ2n) is 4.13. The number of nitrogens with one attached hydrogen (secondary N) is 1. The number of nitrogens with zero attached hydrogens (tertiary/aromatic N) is 1. The minimum atomic E-state index is -0.223. The molecule has 2 aromatic rings. The first-order valence-corrected chi connectivity index (χ1v) is 6.65. The quantitative estimate of drug-likeness (QED) is 0.848. The third kappa shape index (κ3) is 4.16. The van der Waals surface area contributed by atoms with E-state index in [4.69, 9.17) is 23.2 Å². The van der Waals surface area contributed by atoms with Gasteiger partial charge in [0.25, 0.3) is 0 Å². The van der Waals surface area contributed by atoms with Gasteiger partial charge in [-0.3, -0.25) is 4.98 Å². The summed E-state index contributed by atoms with van der Waals surface area (Å²) in [6.45, 7) is 1.42. The molecule has 1 heterocycles. The molecule has 0 atom stereocenters. The van der Waals surface area contributed by atoms with Crippen molar-refractivity contribution >= 4 is 23.2 Å². The van der Waals surface area contributed by atoms with Gasteiger partial charge in [0, 0.05) is 18.9 Å². The van der Waals surface area contributed by atoms with E-state index in [1.165, 1.54) is 12.1 Å². The molecule has 0 spiro atoms. The molecule has 1 aromatic heterocycles. The highest BCUT2D eigenvalue weighted by atomic mass is 35.5. The first-order valence-electron chi connectivity index (χ1n) is 5.90. The monoisotopic (exact) mass is 298 g/mol. The second kappa shape index (κ2) is 6.85. The van der Waals surface area contributed by atoms with Gasteiger partial charge in [0.15, 0.2) is 0 Å². The zero-order valence-electron chi connectivity index (χ0n) is 10.2. The highest BCUT2D eigenvalue weighted by Gasteiger charge is 2.05. The maximum absolute atomic E-state index is 12.7. The Morgan fingerprint density at radius 1 is 1.05 bits per heavy atom. The summed E-state index contributed by atoms with van der Waals surface area (Å²) < 4.78 is 12.7. The van der Waals surface area contributed by atoms with Crippen LogP contribution < -0.4 is 5.32 Å². The third-order valence-corrected chi connectivity index (χ3v) is 3.40. The van der Waals surface area contributed by atoms with Crippen molar-refractivity contribution in [2.24, 2.45) is 0 Å². The fourth-order valence-electron chi connectivity index (χ4n) is 1.73. The third-order valence-electron chi connectivity index (χ3n) is 2.75. The van der Waals surface area contributed by atoms with Crippen LogP contribution >= 0.6 is 23.2 Å². The average molecular weight is 299 g/mol. The highest BCUT2D eigenvalue weighted by molar-refractivity contribution is 6.35. The molecule has 19 heavy (non-hydrogen) atoms. The van der Waals surface area contributed by atoms with Crippen molar-refractivity contribution in [2.45, 2.75) is 13.0 Å². The number of halogens is 3. The van der Waals surface area contributed by atoms with Gasteiger partial charge in [-0.2, -0.15) is 0 Å². The van der Waals surface area contributed by atoms with Crippen molar-refractivity contribution in [3.05, 3.63) is 63.6 Å². The zero-order valence-corrected chi connectivity index (χ0v) is 11.7. The number of pyridine rings is 1. The van der Waals surface area contributed by atoms with Crippen LogP contribution in [0.15, 0.2) is 36.7 Å². The van der Waals surface area contributed by atoms with E-state index in [2.05, 4.69) is 10.3 Å². The normalized spacial score (nSPS) is 10.7. The Bertz CT molecular complexity index is 523. The Labute approximate surface area is 121 Å². The molecule has 2 rings (SSSR count). The first-order chi connectivity index (χ1) is 9.16. The molecule has 0 amide bonds. The average Bonchev–Trinajstić information content (AvgIpc) is 2.39. The fraction of sp³-hybridized carbons (Fsp3) is 0.214. The Morgan fingerprint density at radius 3 is 2.32 bits per heavy atom. The van der Waals surface area contributed by atoms with E-state index in [-0.39, 0.29) is 5.82 Å². The lowest BCUT2D eigenvalue weighted by molar-refractivity contribution is 0.625. The SMILES string of the molecule is Fc1ccc(CNCCc2c(Cl)cncc2Cl)cc1.